The normalized spacial score (nSPS) is 14.5. The Bertz CT molecular complexity index is 936. The van der Waals surface area contributed by atoms with Gasteiger partial charge in [0.2, 0.25) is 5.83 Å². The molecule has 0 fully saturated rings. The van der Waals surface area contributed by atoms with E-state index in [0.29, 0.717) is 5.56 Å². The number of aliphatic hydroxyl groups excluding tert-OH is 1. The van der Waals surface area contributed by atoms with Crippen LogP contribution in [0.15, 0.2) is 65.0 Å². The Labute approximate surface area is 157 Å². The fourth-order valence-electron chi connectivity index (χ4n) is 2.01. The third kappa shape index (κ3) is 5.21. The maximum atomic E-state index is 13.9. The number of hydrogen-bond acceptors (Lipinski definition) is 4. The Morgan fingerprint density at radius 3 is 2.07 bits per heavy atom. The highest BCUT2D eigenvalue weighted by atomic mass is 35.5. The summed E-state index contributed by atoms with van der Waals surface area (Å²) in [5.74, 6) is -4.65. The number of benzene rings is 2. The molecule has 0 aliphatic carbocycles. The van der Waals surface area contributed by atoms with Crippen LogP contribution in [0.2, 0.25) is 5.02 Å². The van der Waals surface area contributed by atoms with E-state index >= 15 is 0 Å². The molecule has 2 aromatic carbocycles. The molecule has 0 aliphatic heterocycles. The van der Waals surface area contributed by atoms with Gasteiger partial charge in [0.15, 0.2) is 5.76 Å². The number of rotatable bonds is 5. The summed E-state index contributed by atoms with van der Waals surface area (Å²) in [7, 11) is -4.83. The average Bonchev–Trinajstić information content (AvgIpc) is 2.59. The van der Waals surface area contributed by atoms with Crippen molar-refractivity contribution in [1.29, 1.82) is 0 Å². The summed E-state index contributed by atoms with van der Waals surface area (Å²) in [6.07, 6.45) is -7.89. The van der Waals surface area contributed by atoms with Gasteiger partial charge < -0.3 is 9.29 Å². The van der Waals surface area contributed by atoms with Crippen LogP contribution in [0.5, 0.6) is 0 Å². The number of halogens is 5. The van der Waals surface area contributed by atoms with Crippen molar-refractivity contribution in [1.82, 2.24) is 0 Å². The van der Waals surface area contributed by atoms with Crippen LogP contribution in [-0.4, -0.2) is 19.7 Å². The summed E-state index contributed by atoms with van der Waals surface area (Å²) >= 11 is 5.66. The molecule has 0 aromatic heterocycles. The van der Waals surface area contributed by atoms with Crippen LogP contribution < -0.4 is 0 Å². The van der Waals surface area contributed by atoms with Gasteiger partial charge in [-0.3, -0.25) is 0 Å². The molecule has 1 atom stereocenters. The molecule has 27 heavy (non-hydrogen) atoms. The summed E-state index contributed by atoms with van der Waals surface area (Å²) in [6, 6.07) is 9.63. The van der Waals surface area contributed by atoms with Crippen molar-refractivity contribution in [3.05, 3.63) is 76.3 Å². The van der Waals surface area contributed by atoms with E-state index in [2.05, 4.69) is 4.18 Å². The molecule has 4 nitrogen and oxygen atoms in total. The van der Waals surface area contributed by atoms with E-state index in [9.17, 15) is 31.1 Å². The third-order valence-corrected chi connectivity index (χ3v) is 4.91. The molecule has 2 aromatic rings. The molecule has 2 rings (SSSR count). The minimum atomic E-state index is -5.56. The number of allylic oxidation sites excluding steroid dienone is 1. The van der Waals surface area contributed by atoms with Crippen molar-refractivity contribution in [3.63, 3.8) is 0 Å². The standard InChI is InChI=1S/C17H13ClF4O4S/c1-10-2-8-13(9-3-10)27(24,25)26-15(16(19)17(20,21)22)14(23)11-4-6-12(18)7-5-11/h2-9,14,23H,1H3/b16-15-. The molecule has 0 heterocycles. The van der Waals surface area contributed by atoms with Crippen LogP contribution >= 0.6 is 11.6 Å². The van der Waals surface area contributed by atoms with Gasteiger partial charge in [0.25, 0.3) is 0 Å². The fraction of sp³-hybridized carbons (Fsp3) is 0.176. The molecule has 1 unspecified atom stereocenters. The Balaban J connectivity index is 2.51. The first kappa shape index (κ1) is 21.2. The van der Waals surface area contributed by atoms with Gasteiger partial charge in [0.05, 0.1) is 0 Å². The van der Waals surface area contributed by atoms with Crippen molar-refractivity contribution >= 4 is 21.7 Å². The zero-order chi connectivity index (χ0) is 20.4. The topological polar surface area (TPSA) is 63.6 Å². The first-order chi connectivity index (χ1) is 12.4. The summed E-state index contributed by atoms with van der Waals surface area (Å²) in [5, 5.41) is 10.3. The van der Waals surface area contributed by atoms with E-state index < -0.39 is 38.9 Å². The Morgan fingerprint density at radius 1 is 1.07 bits per heavy atom. The smallest absolute Gasteiger partial charge is 0.380 e. The van der Waals surface area contributed by atoms with E-state index in [1.807, 2.05) is 0 Å². The molecule has 10 heteroatoms. The zero-order valence-electron chi connectivity index (χ0n) is 13.7. The largest absolute Gasteiger partial charge is 0.446 e. The fourth-order valence-corrected chi connectivity index (χ4v) is 3.10. The van der Waals surface area contributed by atoms with Gasteiger partial charge in [0, 0.05) is 5.02 Å². The van der Waals surface area contributed by atoms with E-state index in [1.54, 1.807) is 6.92 Å². The maximum Gasteiger partial charge on any atom is 0.446 e. The van der Waals surface area contributed by atoms with Gasteiger partial charge in [-0.15, -0.1) is 0 Å². The van der Waals surface area contributed by atoms with Crippen molar-refractivity contribution in [3.8, 4) is 0 Å². The van der Waals surface area contributed by atoms with Crippen LogP contribution in [0.3, 0.4) is 0 Å². The summed E-state index contributed by atoms with van der Waals surface area (Å²) < 4.78 is 81.2. The number of alkyl halides is 3. The second-order valence-corrected chi connectivity index (χ2v) is 7.46. The number of aliphatic hydroxyl groups is 1. The lowest BCUT2D eigenvalue weighted by atomic mass is 10.1. The third-order valence-electron chi connectivity index (χ3n) is 3.41. The van der Waals surface area contributed by atoms with E-state index in [1.165, 1.54) is 24.3 Å². The Morgan fingerprint density at radius 2 is 1.59 bits per heavy atom. The lowest BCUT2D eigenvalue weighted by Gasteiger charge is -2.18. The van der Waals surface area contributed by atoms with Gasteiger partial charge in [-0.2, -0.15) is 26.0 Å². The SMILES string of the molecule is Cc1ccc(S(=O)(=O)O/C(=C(\F)C(F)(F)F)C(O)c2ccc(Cl)cc2)cc1. The van der Waals surface area contributed by atoms with Crippen LogP contribution in [0.1, 0.15) is 17.2 Å². The van der Waals surface area contributed by atoms with Crippen LogP contribution in [0, 0.1) is 6.92 Å². The van der Waals surface area contributed by atoms with Crippen molar-refractivity contribution in [2.45, 2.75) is 24.1 Å². The van der Waals surface area contributed by atoms with Crippen molar-refractivity contribution in [2.75, 3.05) is 0 Å². The molecule has 0 saturated heterocycles. The molecule has 0 spiro atoms. The molecule has 0 amide bonds. The molecular formula is C17H13ClF4O4S. The molecule has 146 valence electrons. The first-order valence-corrected chi connectivity index (χ1v) is 9.12. The summed E-state index contributed by atoms with van der Waals surface area (Å²) in [4.78, 5) is -0.496. The minimum Gasteiger partial charge on any atom is -0.380 e. The molecule has 1 N–H and O–H groups in total. The first-order valence-electron chi connectivity index (χ1n) is 7.33. The highest BCUT2D eigenvalue weighted by Crippen LogP contribution is 2.37. The van der Waals surface area contributed by atoms with E-state index in [4.69, 9.17) is 11.6 Å². The number of aryl methyl sites for hydroxylation is 1. The molecule has 0 saturated carbocycles. The monoisotopic (exact) mass is 424 g/mol. The highest BCUT2D eigenvalue weighted by Gasteiger charge is 2.42. The molecule has 0 radical (unpaired) electrons. The molecule has 0 bridgehead atoms. The maximum absolute atomic E-state index is 13.9. The Hall–Kier alpha value is -2.10. The zero-order valence-corrected chi connectivity index (χ0v) is 15.2. The average molecular weight is 425 g/mol. The quantitative estimate of drug-likeness (QED) is 0.424. The summed E-state index contributed by atoms with van der Waals surface area (Å²) in [5.41, 5.74) is 0.445. The van der Waals surface area contributed by atoms with E-state index in [-0.39, 0.29) is 10.6 Å². The second kappa shape index (κ2) is 7.87. The summed E-state index contributed by atoms with van der Waals surface area (Å²) in [6.45, 7) is 1.66. The van der Waals surface area contributed by atoms with Crippen LogP contribution in [0.25, 0.3) is 0 Å². The lowest BCUT2D eigenvalue weighted by molar-refractivity contribution is -0.113. The Kier molecular flexibility index (Phi) is 6.18. The molecular weight excluding hydrogens is 412 g/mol. The van der Waals surface area contributed by atoms with Gasteiger partial charge in [-0.05, 0) is 36.8 Å². The highest BCUT2D eigenvalue weighted by molar-refractivity contribution is 7.86. The van der Waals surface area contributed by atoms with Gasteiger partial charge in [-0.25, -0.2) is 0 Å². The molecule has 0 aliphatic rings. The second-order valence-electron chi connectivity index (χ2n) is 5.48. The van der Waals surface area contributed by atoms with Crippen LogP contribution in [0.4, 0.5) is 17.6 Å². The minimum absolute atomic E-state index is 0.209. The van der Waals surface area contributed by atoms with Crippen LogP contribution in [-0.2, 0) is 14.3 Å². The van der Waals surface area contributed by atoms with E-state index in [0.717, 1.165) is 24.3 Å². The number of hydrogen-bond donors (Lipinski definition) is 1. The predicted octanol–water partition coefficient (Wildman–Crippen LogP) is 4.83. The van der Waals surface area contributed by atoms with Gasteiger partial charge in [0.1, 0.15) is 11.0 Å². The van der Waals surface area contributed by atoms with Crippen molar-refractivity contribution in [2.24, 2.45) is 0 Å². The van der Waals surface area contributed by atoms with Crippen molar-refractivity contribution < 1.29 is 35.3 Å². The lowest BCUT2D eigenvalue weighted by Crippen LogP contribution is -2.19. The van der Waals surface area contributed by atoms with Gasteiger partial charge >= 0.3 is 16.3 Å². The predicted molar refractivity (Wildman–Crippen MR) is 90.1 cm³/mol. The van der Waals surface area contributed by atoms with Gasteiger partial charge in [-0.1, -0.05) is 41.4 Å².